The van der Waals surface area contributed by atoms with Crippen LogP contribution in [0.4, 0.5) is 5.95 Å². The summed E-state index contributed by atoms with van der Waals surface area (Å²) in [5, 5.41) is 0.916. The number of carbonyl (C=O) groups excluding carboxylic acids is 1. The second kappa shape index (κ2) is 8.79. The van der Waals surface area contributed by atoms with Gasteiger partial charge in [0, 0.05) is 17.7 Å². The SMILES string of the molecule is COc1ccc2c(c1)CC(c1nc3c(OC(C)C(N)=O)cc(-c4ccnc(N)n4)cc3s1)CO2. The quantitative estimate of drug-likeness (QED) is 0.432. The predicted octanol–water partition coefficient (Wildman–Crippen LogP) is 3.32. The van der Waals surface area contributed by atoms with E-state index >= 15 is 0 Å². The molecule has 5 rings (SSSR count). The molecule has 0 radical (unpaired) electrons. The van der Waals surface area contributed by atoms with Gasteiger partial charge in [-0.2, -0.15) is 0 Å². The summed E-state index contributed by atoms with van der Waals surface area (Å²) in [4.78, 5) is 24.8. The van der Waals surface area contributed by atoms with E-state index in [2.05, 4.69) is 9.97 Å². The number of hydrogen-bond acceptors (Lipinski definition) is 9. The van der Waals surface area contributed by atoms with Crippen LogP contribution in [-0.2, 0) is 11.2 Å². The van der Waals surface area contributed by atoms with Crippen molar-refractivity contribution in [3.05, 3.63) is 53.2 Å². The molecule has 4 N–H and O–H groups in total. The van der Waals surface area contributed by atoms with Crippen molar-refractivity contribution in [3.63, 3.8) is 0 Å². The van der Waals surface area contributed by atoms with E-state index < -0.39 is 12.0 Å². The number of primary amides is 1. The number of carbonyl (C=O) groups is 1. The summed E-state index contributed by atoms with van der Waals surface area (Å²) in [5.74, 6) is 1.78. The van der Waals surface area contributed by atoms with Gasteiger partial charge in [-0.05, 0) is 55.3 Å². The lowest BCUT2D eigenvalue weighted by Gasteiger charge is -2.24. The number of amides is 1. The van der Waals surface area contributed by atoms with Gasteiger partial charge >= 0.3 is 0 Å². The Labute approximate surface area is 199 Å². The average Bonchev–Trinajstić information content (AvgIpc) is 3.28. The molecule has 2 unspecified atom stereocenters. The molecule has 0 fully saturated rings. The third-order valence-electron chi connectivity index (χ3n) is 5.67. The maximum atomic E-state index is 11.7. The molecular formula is C24H23N5O4S. The molecular weight excluding hydrogens is 454 g/mol. The number of anilines is 1. The zero-order valence-corrected chi connectivity index (χ0v) is 19.5. The zero-order valence-electron chi connectivity index (χ0n) is 18.6. The third kappa shape index (κ3) is 4.19. The van der Waals surface area contributed by atoms with Crippen LogP contribution in [0.2, 0.25) is 0 Å². The van der Waals surface area contributed by atoms with E-state index in [1.54, 1.807) is 43.7 Å². The summed E-state index contributed by atoms with van der Waals surface area (Å²) in [6.07, 6.45) is 1.55. The van der Waals surface area contributed by atoms with E-state index in [1.807, 2.05) is 24.3 Å². The first-order valence-electron chi connectivity index (χ1n) is 10.7. The zero-order chi connectivity index (χ0) is 23.8. The summed E-state index contributed by atoms with van der Waals surface area (Å²) < 4.78 is 18.2. The van der Waals surface area contributed by atoms with Crippen LogP contribution in [0.1, 0.15) is 23.4 Å². The van der Waals surface area contributed by atoms with Gasteiger partial charge in [-0.1, -0.05) is 0 Å². The number of benzene rings is 2. The smallest absolute Gasteiger partial charge is 0.258 e. The van der Waals surface area contributed by atoms with Crippen molar-refractivity contribution in [3.8, 4) is 28.5 Å². The van der Waals surface area contributed by atoms with Crippen LogP contribution in [0.15, 0.2) is 42.6 Å². The number of thiazole rings is 1. The van der Waals surface area contributed by atoms with Gasteiger partial charge in [-0.25, -0.2) is 15.0 Å². The Bertz CT molecular complexity index is 1390. The number of methoxy groups -OCH3 is 1. The second-order valence-corrected chi connectivity index (χ2v) is 9.08. The third-order valence-corrected chi connectivity index (χ3v) is 6.84. The van der Waals surface area contributed by atoms with Gasteiger partial charge in [-0.15, -0.1) is 11.3 Å². The van der Waals surface area contributed by atoms with Gasteiger partial charge in [0.1, 0.15) is 27.8 Å². The molecule has 2 aromatic carbocycles. The van der Waals surface area contributed by atoms with Crippen LogP contribution in [0.3, 0.4) is 0 Å². The van der Waals surface area contributed by atoms with E-state index in [1.165, 1.54) is 0 Å². The fourth-order valence-electron chi connectivity index (χ4n) is 3.87. The molecule has 3 heterocycles. The first-order valence-corrected chi connectivity index (χ1v) is 11.5. The molecule has 1 aliphatic heterocycles. The van der Waals surface area contributed by atoms with Gasteiger partial charge in [0.2, 0.25) is 5.95 Å². The molecule has 10 heteroatoms. The Balaban J connectivity index is 1.56. The normalized spacial score (nSPS) is 15.9. The molecule has 9 nitrogen and oxygen atoms in total. The highest BCUT2D eigenvalue weighted by molar-refractivity contribution is 7.18. The lowest BCUT2D eigenvalue weighted by Crippen LogP contribution is -2.30. The highest BCUT2D eigenvalue weighted by atomic mass is 32.1. The molecule has 0 bridgehead atoms. The molecule has 34 heavy (non-hydrogen) atoms. The predicted molar refractivity (Wildman–Crippen MR) is 129 cm³/mol. The Morgan fingerprint density at radius 3 is 2.85 bits per heavy atom. The van der Waals surface area contributed by atoms with Gasteiger partial charge in [0.15, 0.2) is 6.10 Å². The summed E-state index contributed by atoms with van der Waals surface area (Å²) in [7, 11) is 1.65. The van der Waals surface area contributed by atoms with E-state index in [-0.39, 0.29) is 11.9 Å². The molecule has 1 aliphatic rings. The molecule has 0 spiro atoms. The van der Waals surface area contributed by atoms with Gasteiger partial charge in [-0.3, -0.25) is 4.79 Å². The monoisotopic (exact) mass is 477 g/mol. The first-order chi connectivity index (χ1) is 16.4. The Kier molecular flexibility index (Phi) is 5.66. The molecule has 2 aromatic heterocycles. The Hall–Kier alpha value is -3.92. The minimum Gasteiger partial charge on any atom is -0.497 e. The van der Waals surface area contributed by atoms with E-state index in [9.17, 15) is 4.79 Å². The Morgan fingerprint density at radius 1 is 1.24 bits per heavy atom. The molecule has 0 saturated heterocycles. The molecule has 2 atom stereocenters. The van der Waals surface area contributed by atoms with Crippen molar-refractivity contribution in [2.45, 2.75) is 25.4 Å². The van der Waals surface area contributed by atoms with Crippen molar-refractivity contribution in [1.29, 1.82) is 0 Å². The summed E-state index contributed by atoms with van der Waals surface area (Å²) in [6.45, 7) is 2.12. The fraction of sp³-hybridized carbons (Fsp3) is 0.250. The maximum absolute atomic E-state index is 11.7. The number of hydrogen-bond donors (Lipinski definition) is 2. The van der Waals surface area contributed by atoms with Gasteiger partial charge in [0.25, 0.3) is 5.91 Å². The van der Waals surface area contributed by atoms with Crippen LogP contribution in [0.25, 0.3) is 21.5 Å². The number of aromatic nitrogens is 3. The number of nitrogen functional groups attached to an aromatic ring is 1. The van der Waals surface area contributed by atoms with E-state index in [0.29, 0.717) is 23.6 Å². The largest absolute Gasteiger partial charge is 0.497 e. The van der Waals surface area contributed by atoms with Crippen LogP contribution < -0.4 is 25.7 Å². The summed E-state index contributed by atoms with van der Waals surface area (Å²) in [5.41, 5.74) is 14.4. The highest BCUT2D eigenvalue weighted by Crippen LogP contribution is 2.41. The number of ether oxygens (including phenoxy) is 3. The van der Waals surface area contributed by atoms with Crippen LogP contribution >= 0.6 is 11.3 Å². The lowest BCUT2D eigenvalue weighted by molar-refractivity contribution is -0.123. The molecule has 0 aliphatic carbocycles. The van der Waals surface area contributed by atoms with Crippen molar-refractivity contribution >= 4 is 33.4 Å². The maximum Gasteiger partial charge on any atom is 0.258 e. The second-order valence-electron chi connectivity index (χ2n) is 8.02. The van der Waals surface area contributed by atoms with Gasteiger partial charge < -0.3 is 25.7 Å². The number of rotatable bonds is 6. The topological polar surface area (TPSA) is 135 Å². The van der Waals surface area contributed by atoms with Crippen molar-refractivity contribution in [2.24, 2.45) is 5.73 Å². The number of nitrogens with zero attached hydrogens (tertiary/aromatic N) is 3. The van der Waals surface area contributed by atoms with Gasteiger partial charge in [0.05, 0.1) is 24.1 Å². The first kappa shape index (κ1) is 21.9. The van der Waals surface area contributed by atoms with E-state index in [4.69, 9.17) is 30.7 Å². The molecule has 4 aromatic rings. The van der Waals surface area contributed by atoms with Crippen LogP contribution in [-0.4, -0.2) is 40.7 Å². The van der Waals surface area contributed by atoms with E-state index in [0.717, 1.165) is 38.8 Å². The fourth-order valence-corrected chi connectivity index (χ4v) is 4.98. The molecule has 1 amide bonds. The van der Waals surface area contributed by atoms with Crippen LogP contribution in [0, 0.1) is 0 Å². The molecule has 174 valence electrons. The van der Waals surface area contributed by atoms with Crippen molar-refractivity contribution in [1.82, 2.24) is 15.0 Å². The average molecular weight is 478 g/mol. The summed E-state index contributed by atoms with van der Waals surface area (Å²) >= 11 is 1.56. The highest BCUT2D eigenvalue weighted by Gasteiger charge is 2.26. The molecule has 0 saturated carbocycles. The minimum atomic E-state index is -0.823. The van der Waals surface area contributed by atoms with Crippen molar-refractivity contribution < 1.29 is 19.0 Å². The number of fused-ring (bicyclic) bond motifs is 2. The standard InChI is InChI=1S/C24H23N5O4S/c1-12(22(25)30)33-19-9-13(17-5-6-27-24(26)28-17)10-20-21(19)29-23(34-20)15-7-14-8-16(31-2)3-4-18(14)32-11-15/h3-6,8-10,12,15H,7,11H2,1-2H3,(H2,25,30)(H2,26,27,28). The number of nitrogens with two attached hydrogens (primary N) is 2. The minimum absolute atomic E-state index is 0.0663. The summed E-state index contributed by atoms with van der Waals surface area (Å²) in [6, 6.07) is 11.4. The lowest BCUT2D eigenvalue weighted by atomic mass is 9.97. The van der Waals surface area contributed by atoms with Crippen molar-refractivity contribution in [2.75, 3.05) is 19.5 Å². The Morgan fingerprint density at radius 2 is 2.09 bits per heavy atom. The van der Waals surface area contributed by atoms with Crippen LogP contribution in [0.5, 0.6) is 17.2 Å².